The quantitative estimate of drug-likeness (QED) is 0.840. The summed E-state index contributed by atoms with van der Waals surface area (Å²) in [5.74, 6) is 2.46. The summed E-state index contributed by atoms with van der Waals surface area (Å²) in [5.41, 5.74) is 1.24. The van der Waals surface area contributed by atoms with Crippen molar-refractivity contribution in [2.24, 2.45) is 5.92 Å². The van der Waals surface area contributed by atoms with Crippen LogP contribution in [0.3, 0.4) is 0 Å². The lowest BCUT2D eigenvalue weighted by atomic mass is 10.2. The minimum Gasteiger partial charge on any atom is -0.493 e. The molecule has 1 aromatic rings. The van der Waals surface area contributed by atoms with Gasteiger partial charge in [-0.15, -0.1) is 0 Å². The second-order valence-corrected chi connectivity index (χ2v) is 5.35. The molecule has 3 heteroatoms. The van der Waals surface area contributed by atoms with Gasteiger partial charge in [-0.05, 0) is 43.9 Å². The highest BCUT2D eigenvalue weighted by Gasteiger charge is 2.31. The molecule has 100 valence electrons. The van der Waals surface area contributed by atoms with Crippen molar-refractivity contribution in [2.45, 2.75) is 45.9 Å². The second kappa shape index (κ2) is 5.61. The Labute approximate surface area is 109 Å². The number of rotatable bonds is 6. The van der Waals surface area contributed by atoms with E-state index in [0.29, 0.717) is 6.04 Å². The lowest BCUT2D eigenvalue weighted by molar-refractivity contribution is 0.230. The van der Waals surface area contributed by atoms with E-state index in [9.17, 15) is 0 Å². The number of methoxy groups -OCH3 is 1. The Morgan fingerprint density at radius 3 is 2.61 bits per heavy atom. The van der Waals surface area contributed by atoms with E-state index in [1.165, 1.54) is 12.0 Å². The maximum Gasteiger partial charge on any atom is 0.161 e. The molecule has 1 fully saturated rings. The third-order valence-electron chi connectivity index (χ3n) is 3.27. The van der Waals surface area contributed by atoms with Crippen molar-refractivity contribution in [1.29, 1.82) is 0 Å². The van der Waals surface area contributed by atoms with E-state index in [1.807, 2.05) is 19.9 Å². The molecule has 1 aliphatic carbocycles. The Morgan fingerprint density at radius 1 is 1.33 bits per heavy atom. The Balaban J connectivity index is 1.99. The van der Waals surface area contributed by atoms with Crippen LogP contribution in [0.5, 0.6) is 11.5 Å². The summed E-state index contributed by atoms with van der Waals surface area (Å²) in [6.45, 7) is 7.21. The molecule has 0 amide bonds. The molecule has 0 radical (unpaired) electrons. The van der Waals surface area contributed by atoms with Gasteiger partial charge < -0.3 is 14.8 Å². The van der Waals surface area contributed by atoms with Crippen LogP contribution in [0.15, 0.2) is 18.2 Å². The lowest BCUT2D eigenvalue weighted by Crippen LogP contribution is -2.17. The van der Waals surface area contributed by atoms with Gasteiger partial charge in [-0.25, -0.2) is 0 Å². The molecule has 0 aliphatic heterocycles. The average molecular weight is 249 g/mol. The first-order valence-electron chi connectivity index (χ1n) is 6.67. The van der Waals surface area contributed by atoms with E-state index in [1.54, 1.807) is 7.11 Å². The Hall–Kier alpha value is -1.22. The monoisotopic (exact) mass is 249 g/mol. The van der Waals surface area contributed by atoms with Gasteiger partial charge in [0.25, 0.3) is 0 Å². The molecule has 2 rings (SSSR count). The van der Waals surface area contributed by atoms with Gasteiger partial charge in [0.1, 0.15) is 0 Å². The minimum atomic E-state index is 0.162. The summed E-state index contributed by atoms with van der Waals surface area (Å²) in [7, 11) is 1.68. The van der Waals surface area contributed by atoms with Crippen LogP contribution in [0.2, 0.25) is 0 Å². The fourth-order valence-corrected chi connectivity index (χ4v) is 2.03. The average Bonchev–Trinajstić information content (AvgIpc) is 3.03. The van der Waals surface area contributed by atoms with Gasteiger partial charge in [0.2, 0.25) is 0 Å². The number of hydrogen-bond acceptors (Lipinski definition) is 3. The molecule has 0 heterocycles. The van der Waals surface area contributed by atoms with Crippen LogP contribution in [-0.2, 0) is 6.54 Å². The maximum atomic E-state index is 5.70. The third kappa shape index (κ3) is 3.39. The van der Waals surface area contributed by atoms with Gasteiger partial charge in [-0.2, -0.15) is 0 Å². The molecular weight excluding hydrogens is 226 g/mol. The van der Waals surface area contributed by atoms with Gasteiger partial charge >= 0.3 is 0 Å². The van der Waals surface area contributed by atoms with Crippen LogP contribution < -0.4 is 14.8 Å². The summed E-state index contributed by atoms with van der Waals surface area (Å²) in [5, 5.41) is 3.54. The standard InChI is InChI=1S/C15H23NO2/c1-10(2)18-14-6-5-12(8-15(14)17-4)9-16-13-7-11(13)3/h5-6,8,10-11,13,16H,7,9H2,1-4H3. The number of benzene rings is 1. The fraction of sp³-hybridized carbons (Fsp3) is 0.600. The molecule has 18 heavy (non-hydrogen) atoms. The molecule has 3 nitrogen and oxygen atoms in total. The fourth-order valence-electron chi connectivity index (χ4n) is 2.03. The highest BCUT2D eigenvalue weighted by molar-refractivity contribution is 5.43. The zero-order valence-corrected chi connectivity index (χ0v) is 11.7. The molecule has 1 N–H and O–H groups in total. The van der Waals surface area contributed by atoms with E-state index < -0.39 is 0 Å². The van der Waals surface area contributed by atoms with Gasteiger partial charge in [0.05, 0.1) is 13.2 Å². The van der Waals surface area contributed by atoms with Crippen LogP contribution in [0, 0.1) is 5.92 Å². The summed E-state index contributed by atoms with van der Waals surface area (Å²) in [4.78, 5) is 0. The third-order valence-corrected chi connectivity index (χ3v) is 3.27. The largest absolute Gasteiger partial charge is 0.493 e. The number of nitrogens with one attached hydrogen (secondary N) is 1. The predicted molar refractivity (Wildman–Crippen MR) is 73.2 cm³/mol. The van der Waals surface area contributed by atoms with E-state index >= 15 is 0 Å². The first kappa shape index (κ1) is 13.2. The van der Waals surface area contributed by atoms with Crippen LogP contribution in [-0.4, -0.2) is 19.3 Å². The van der Waals surface area contributed by atoms with Crippen molar-refractivity contribution in [3.63, 3.8) is 0 Å². The molecule has 1 saturated carbocycles. The Bertz CT molecular complexity index is 403. The van der Waals surface area contributed by atoms with Crippen molar-refractivity contribution in [1.82, 2.24) is 5.32 Å². The minimum absolute atomic E-state index is 0.162. The van der Waals surface area contributed by atoms with E-state index in [0.717, 1.165) is 24.0 Å². The van der Waals surface area contributed by atoms with Crippen molar-refractivity contribution >= 4 is 0 Å². The highest BCUT2D eigenvalue weighted by atomic mass is 16.5. The SMILES string of the molecule is COc1cc(CNC2CC2C)ccc1OC(C)C. The summed E-state index contributed by atoms with van der Waals surface area (Å²) >= 11 is 0. The first-order chi connectivity index (χ1) is 8.60. The maximum absolute atomic E-state index is 5.70. The highest BCUT2D eigenvalue weighted by Crippen LogP contribution is 2.31. The van der Waals surface area contributed by atoms with Gasteiger partial charge in [0, 0.05) is 12.6 Å². The molecule has 1 aromatic carbocycles. The van der Waals surface area contributed by atoms with Crippen LogP contribution in [0.25, 0.3) is 0 Å². The first-order valence-corrected chi connectivity index (χ1v) is 6.67. The van der Waals surface area contributed by atoms with Crippen molar-refractivity contribution in [3.8, 4) is 11.5 Å². The zero-order valence-electron chi connectivity index (χ0n) is 11.7. The normalized spacial score (nSPS) is 22.1. The second-order valence-electron chi connectivity index (χ2n) is 5.35. The zero-order chi connectivity index (χ0) is 13.1. The van der Waals surface area contributed by atoms with Crippen LogP contribution in [0.1, 0.15) is 32.8 Å². The summed E-state index contributed by atoms with van der Waals surface area (Å²) in [6, 6.07) is 6.84. The Kier molecular flexibility index (Phi) is 4.12. The van der Waals surface area contributed by atoms with E-state index in [-0.39, 0.29) is 6.10 Å². The smallest absolute Gasteiger partial charge is 0.161 e. The summed E-state index contributed by atoms with van der Waals surface area (Å²) in [6.07, 6.45) is 1.46. The van der Waals surface area contributed by atoms with Crippen LogP contribution in [0.4, 0.5) is 0 Å². The van der Waals surface area contributed by atoms with Crippen molar-refractivity contribution in [2.75, 3.05) is 7.11 Å². The lowest BCUT2D eigenvalue weighted by Gasteiger charge is -2.14. The molecular formula is C15H23NO2. The van der Waals surface area contributed by atoms with Gasteiger partial charge in [-0.3, -0.25) is 0 Å². The molecule has 0 spiro atoms. The number of hydrogen-bond donors (Lipinski definition) is 1. The topological polar surface area (TPSA) is 30.5 Å². The van der Waals surface area contributed by atoms with E-state index in [4.69, 9.17) is 9.47 Å². The molecule has 2 atom stereocenters. The number of ether oxygens (including phenoxy) is 2. The molecule has 0 aromatic heterocycles. The van der Waals surface area contributed by atoms with Crippen LogP contribution >= 0.6 is 0 Å². The predicted octanol–water partition coefficient (Wildman–Crippen LogP) is 2.98. The van der Waals surface area contributed by atoms with E-state index in [2.05, 4.69) is 24.4 Å². The molecule has 2 unspecified atom stereocenters. The van der Waals surface area contributed by atoms with Gasteiger partial charge in [-0.1, -0.05) is 13.0 Å². The Morgan fingerprint density at radius 2 is 2.06 bits per heavy atom. The molecule has 0 saturated heterocycles. The van der Waals surface area contributed by atoms with Crippen molar-refractivity contribution < 1.29 is 9.47 Å². The summed E-state index contributed by atoms with van der Waals surface area (Å²) < 4.78 is 11.1. The molecule has 1 aliphatic rings. The van der Waals surface area contributed by atoms with Gasteiger partial charge in [0.15, 0.2) is 11.5 Å². The molecule has 0 bridgehead atoms. The van der Waals surface area contributed by atoms with Crippen molar-refractivity contribution in [3.05, 3.63) is 23.8 Å².